The molecule has 0 radical (unpaired) electrons. The SMILES string of the molecule is CN1CCC(CNCCc2ccc(Cl)s2)CC1. The number of nitrogens with zero attached hydrogens (tertiary/aromatic N) is 1. The van der Waals surface area contributed by atoms with Gasteiger partial charge < -0.3 is 10.2 Å². The fourth-order valence-corrected chi connectivity index (χ4v) is 3.36. The molecular formula is C13H21ClN2S. The smallest absolute Gasteiger partial charge is 0.0931 e. The normalized spacial score (nSPS) is 18.7. The van der Waals surface area contributed by atoms with Gasteiger partial charge in [-0.05, 0) is 70.5 Å². The molecule has 0 amide bonds. The molecular weight excluding hydrogens is 252 g/mol. The first-order valence-corrected chi connectivity index (χ1v) is 7.57. The Labute approximate surface area is 113 Å². The number of thiophene rings is 1. The van der Waals surface area contributed by atoms with Gasteiger partial charge in [-0.15, -0.1) is 11.3 Å². The molecule has 17 heavy (non-hydrogen) atoms. The topological polar surface area (TPSA) is 15.3 Å². The van der Waals surface area contributed by atoms with E-state index in [1.165, 1.54) is 37.4 Å². The monoisotopic (exact) mass is 272 g/mol. The Bertz CT molecular complexity index is 332. The fourth-order valence-electron chi connectivity index (χ4n) is 2.27. The molecule has 0 aromatic carbocycles. The Morgan fingerprint density at radius 3 is 2.82 bits per heavy atom. The highest BCUT2D eigenvalue weighted by Gasteiger charge is 2.15. The van der Waals surface area contributed by atoms with E-state index in [1.807, 2.05) is 6.07 Å². The van der Waals surface area contributed by atoms with Gasteiger partial charge in [-0.1, -0.05) is 11.6 Å². The predicted octanol–water partition coefficient (Wildman–Crippen LogP) is 2.88. The number of hydrogen-bond acceptors (Lipinski definition) is 3. The van der Waals surface area contributed by atoms with Gasteiger partial charge in [0.05, 0.1) is 4.34 Å². The lowest BCUT2D eigenvalue weighted by Crippen LogP contribution is -2.35. The van der Waals surface area contributed by atoms with Gasteiger partial charge in [0.2, 0.25) is 0 Å². The van der Waals surface area contributed by atoms with Crippen LogP contribution in [0.2, 0.25) is 4.34 Å². The van der Waals surface area contributed by atoms with Gasteiger partial charge >= 0.3 is 0 Å². The number of hydrogen-bond donors (Lipinski definition) is 1. The Kier molecular flexibility index (Phi) is 5.29. The van der Waals surface area contributed by atoms with E-state index in [1.54, 1.807) is 11.3 Å². The summed E-state index contributed by atoms with van der Waals surface area (Å²) >= 11 is 7.59. The second kappa shape index (κ2) is 6.74. The molecule has 0 bridgehead atoms. The Morgan fingerprint density at radius 1 is 1.41 bits per heavy atom. The van der Waals surface area contributed by atoms with Crippen LogP contribution in [0.1, 0.15) is 17.7 Å². The summed E-state index contributed by atoms with van der Waals surface area (Å²) in [4.78, 5) is 3.80. The molecule has 0 atom stereocenters. The van der Waals surface area contributed by atoms with Crippen LogP contribution in [0.3, 0.4) is 0 Å². The third-order valence-corrected chi connectivity index (χ3v) is 4.74. The molecule has 0 saturated carbocycles. The number of nitrogens with one attached hydrogen (secondary N) is 1. The zero-order valence-electron chi connectivity index (χ0n) is 10.4. The standard InChI is InChI=1S/C13H21ClN2S/c1-16-8-5-11(6-9-16)10-15-7-4-12-2-3-13(14)17-12/h2-3,11,15H,4-10H2,1H3. The van der Waals surface area contributed by atoms with Gasteiger partial charge in [-0.3, -0.25) is 0 Å². The molecule has 0 aliphatic carbocycles. The highest BCUT2D eigenvalue weighted by Crippen LogP contribution is 2.21. The minimum Gasteiger partial charge on any atom is -0.316 e. The summed E-state index contributed by atoms with van der Waals surface area (Å²) in [6.45, 7) is 4.76. The molecule has 2 heterocycles. The molecule has 4 heteroatoms. The molecule has 96 valence electrons. The van der Waals surface area contributed by atoms with Crippen LogP contribution >= 0.6 is 22.9 Å². The zero-order valence-corrected chi connectivity index (χ0v) is 12.0. The molecule has 1 N–H and O–H groups in total. The highest BCUT2D eigenvalue weighted by molar-refractivity contribution is 7.16. The first-order valence-electron chi connectivity index (χ1n) is 6.37. The molecule has 1 aliphatic rings. The second-order valence-electron chi connectivity index (χ2n) is 4.91. The average molecular weight is 273 g/mol. The van der Waals surface area contributed by atoms with Crippen LogP contribution in [0, 0.1) is 5.92 Å². The number of halogens is 1. The Morgan fingerprint density at radius 2 is 2.18 bits per heavy atom. The van der Waals surface area contributed by atoms with Gasteiger partial charge in [0.15, 0.2) is 0 Å². The number of rotatable bonds is 5. The van der Waals surface area contributed by atoms with Crippen LogP contribution in [-0.4, -0.2) is 38.1 Å². The van der Waals surface area contributed by atoms with Crippen molar-refractivity contribution in [1.29, 1.82) is 0 Å². The van der Waals surface area contributed by atoms with Crippen molar-refractivity contribution in [1.82, 2.24) is 10.2 Å². The van der Waals surface area contributed by atoms with Crippen molar-refractivity contribution in [2.45, 2.75) is 19.3 Å². The van der Waals surface area contributed by atoms with E-state index < -0.39 is 0 Å². The van der Waals surface area contributed by atoms with E-state index >= 15 is 0 Å². The molecule has 1 aliphatic heterocycles. The van der Waals surface area contributed by atoms with Gasteiger partial charge in [0.25, 0.3) is 0 Å². The van der Waals surface area contributed by atoms with Crippen LogP contribution in [-0.2, 0) is 6.42 Å². The zero-order chi connectivity index (χ0) is 12.1. The third-order valence-electron chi connectivity index (χ3n) is 3.45. The van der Waals surface area contributed by atoms with Crippen molar-refractivity contribution in [3.05, 3.63) is 21.3 Å². The van der Waals surface area contributed by atoms with E-state index in [2.05, 4.69) is 23.3 Å². The minimum atomic E-state index is 0.873. The van der Waals surface area contributed by atoms with Crippen LogP contribution in [0.5, 0.6) is 0 Å². The third kappa shape index (κ3) is 4.59. The molecule has 1 fully saturated rings. The summed E-state index contributed by atoms with van der Waals surface area (Å²) in [6.07, 6.45) is 3.78. The molecule has 1 aromatic rings. The van der Waals surface area contributed by atoms with Crippen LogP contribution in [0.4, 0.5) is 0 Å². The average Bonchev–Trinajstić information content (AvgIpc) is 2.73. The van der Waals surface area contributed by atoms with Crippen LogP contribution in [0.15, 0.2) is 12.1 Å². The summed E-state index contributed by atoms with van der Waals surface area (Å²) in [5, 5.41) is 3.57. The van der Waals surface area contributed by atoms with Crippen molar-refractivity contribution < 1.29 is 0 Å². The molecule has 1 saturated heterocycles. The molecule has 2 nitrogen and oxygen atoms in total. The van der Waals surface area contributed by atoms with Gasteiger partial charge in [-0.25, -0.2) is 0 Å². The van der Waals surface area contributed by atoms with Crippen molar-refractivity contribution in [3.8, 4) is 0 Å². The van der Waals surface area contributed by atoms with E-state index in [9.17, 15) is 0 Å². The van der Waals surface area contributed by atoms with Crippen molar-refractivity contribution in [3.63, 3.8) is 0 Å². The maximum atomic E-state index is 5.90. The van der Waals surface area contributed by atoms with Gasteiger partial charge in [0.1, 0.15) is 0 Å². The first kappa shape index (κ1) is 13.3. The quantitative estimate of drug-likeness (QED) is 0.830. The number of likely N-dealkylation sites (tertiary alicyclic amines) is 1. The maximum absolute atomic E-state index is 5.90. The molecule has 2 rings (SSSR count). The summed E-state index contributed by atoms with van der Waals surface area (Å²) in [7, 11) is 2.21. The van der Waals surface area contributed by atoms with Crippen LogP contribution < -0.4 is 5.32 Å². The summed E-state index contributed by atoms with van der Waals surface area (Å²) in [6, 6.07) is 4.11. The van der Waals surface area contributed by atoms with Crippen molar-refractivity contribution in [2.24, 2.45) is 5.92 Å². The maximum Gasteiger partial charge on any atom is 0.0931 e. The summed E-state index contributed by atoms with van der Waals surface area (Å²) in [5.74, 6) is 0.873. The summed E-state index contributed by atoms with van der Waals surface area (Å²) < 4.78 is 0.898. The second-order valence-corrected chi connectivity index (χ2v) is 6.71. The number of piperidine rings is 1. The predicted molar refractivity (Wildman–Crippen MR) is 76.1 cm³/mol. The lowest BCUT2D eigenvalue weighted by molar-refractivity contribution is 0.216. The van der Waals surface area contributed by atoms with Crippen LogP contribution in [0.25, 0.3) is 0 Å². The van der Waals surface area contributed by atoms with E-state index in [-0.39, 0.29) is 0 Å². The largest absolute Gasteiger partial charge is 0.316 e. The van der Waals surface area contributed by atoms with Gasteiger partial charge in [0, 0.05) is 4.88 Å². The van der Waals surface area contributed by atoms with E-state index in [0.717, 1.165) is 23.2 Å². The van der Waals surface area contributed by atoms with E-state index in [4.69, 9.17) is 11.6 Å². The van der Waals surface area contributed by atoms with Crippen molar-refractivity contribution in [2.75, 3.05) is 33.2 Å². The highest BCUT2D eigenvalue weighted by atomic mass is 35.5. The lowest BCUT2D eigenvalue weighted by Gasteiger charge is -2.29. The minimum absolute atomic E-state index is 0.873. The molecule has 1 aromatic heterocycles. The Hall–Kier alpha value is -0.0900. The fraction of sp³-hybridized carbons (Fsp3) is 0.692. The van der Waals surface area contributed by atoms with Crippen molar-refractivity contribution >= 4 is 22.9 Å². The van der Waals surface area contributed by atoms with E-state index in [0.29, 0.717) is 0 Å². The lowest BCUT2D eigenvalue weighted by atomic mass is 9.97. The Balaban J connectivity index is 1.57. The first-order chi connectivity index (χ1) is 8.24. The summed E-state index contributed by atoms with van der Waals surface area (Å²) in [5.41, 5.74) is 0. The van der Waals surface area contributed by atoms with Gasteiger partial charge in [-0.2, -0.15) is 0 Å². The molecule has 0 unspecified atom stereocenters. The molecule has 0 spiro atoms.